The Hall–Kier alpha value is -1.14. The molecule has 7 heteroatoms. The first-order chi connectivity index (χ1) is 10.5. The van der Waals surface area contributed by atoms with Gasteiger partial charge in [-0.05, 0) is 36.9 Å². The highest BCUT2D eigenvalue weighted by Gasteiger charge is 2.23. The lowest BCUT2D eigenvalue weighted by Gasteiger charge is -2.35. The van der Waals surface area contributed by atoms with Crippen molar-refractivity contribution in [2.75, 3.05) is 29.9 Å². The quantitative estimate of drug-likeness (QED) is 0.647. The fourth-order valence-electron chi connectivity index (χ4n) is 2.86. The summed E-state index contributed by atoms with van der Waals surface area (Å²) >= 11 is 11.4. The predicted octanol–water partition coefficient (Wildman–Crippen LogP) is 3.31. The molecule has 2 rings (SSSR count). The Kier molecular flexibility index (Phi) is 6.20. The van der Waals surface area contributed by atoms with Crippen molar-refractivity contribution in [3.05, 3.63) is 11.2 Å². The third-order valence-corrected chi connectivity index (χ3v) is 4.08. The molecule has 0 saturated carbocycles. The van der Waals surface area contributed by atoms with E-state index in [2.05, 4.69) is 46.3 Å². The first-order valence-corrected chi connectivity index (χ1v) is 8.61. The zero-order valence-corrected chi connectivity index (χ0v) is 15.0. The van der Waals surface area contributed by atoms with E-state index < -0.39 is 0 Å². The zero-order chi connectivity index (χ0) is 16.1. The highest BCUT2D eigenvalue weighted by atomic mass is 35.5. The van der Waals surface area contributed by atoms with Crippen LogP contribution in [0.15, 0.2) is 6.07 Å². The molecule has 1 fully saturated rings. The summed E-state index contributed by atoms with van der Waals surface area (Å²) in [5, 5.41) is 7.05. The molecule has 0 spiro atoms. The average molecular weight is 342 g/mol. The molecule has 2 heterocycles. The Morgan fingerprint density at radius 3 is 2.68 bits per heavy atom. The predicted molar refractivity (Wildman–Crippen MR) is 96.7 cm³/mol. The molecule has 2 N–H and O–H groups in total. The maximum absolute atomic E-state index is 6.15. The third kappa shape index (κ3) is 4.95. The minimum atomic E-state index is 0.427. The number of halogens is 1. The number of thiocarbonyl (C=S) groups is 1. The van der Waals surface area contributed by atoms with Crippen LogP contribution in [0.2, 0.25) is 5.15 Å². The number of piperidine rings is 1. The van der Waals surface area contributed by atoms with Gasteiger partial charge in [-0.15, -0.1) is 0 Å². The Morgan fingerprint density at radius 1 is 1.36 bits per heavy atom. The van der Waals surface area contributed by atoms with Gasteiger partial charge in [0.15, 0.2) is 5.11 Å². The van der Waals surface area contributed by atoms with Gasteiger partial charge in [-0.3, -0.25) is 0 Å². The van der Waals surface area contributed by atoms with Gasteiger partial charge < -0.3 is 15.5 Å². The molecule has 22 heavy (non-hydrogen) atoms. The Bertz CT molecular complexity index is 515. The number of hydrogen-bond acceptors (Lipinski definition) is 4. The van der Waals surface area contributed by atoms with Gasteiger partial charge in [0, 0.05) is 25.7 Å². The standard InChI is InChI=1S/C15H24ClN5S/c1-4-5-17-15(22)20-14-18-12(16)7-13(19-14)21-8-10(2)6-11(3)9-21/h7,10-11H,4-6,8-9H2,1-3H3,(H2,17,18,19,20,22). The smallest absolute Gasteiger partial charge is 0.232 e. The van der Waals surface area contributed by atoms with Crippen molar-refractivity contribution in [3.63, 3.8) is 0 Å². The molecule has 0 amide bonds. The van der Waals surface area contributed by atoms with E-state index in [-0.39, 0.29) is 0 Å². The third-order valence-electron chi connectivity index (χ3n) is 3.64. The van der Waals surface area contributed by atoms with Crippen LogP contribution in [0.4, 0.5) is 11.8 Å². The van der Waals surface area contributed by atoms with Crippen LogP contribution < -0.4 is 15.5 Å². The number of nitrogens with one attached hydrogen (secondary N) is 2. The summed E-state index contributed by atoms with van der Waals surface area (Å²) in [6, 6.07) is 1.82. The second-order valence-electron chi connectivity index (χ2n) is 6.10. The van der Waals surface area contributed by atoms with Crippen molar-refractivity contribution in [2.45, 2.75) is 33.6 Å². The van der Waals surface area contributed by atoms with E-state index in [1.165, 1.54) is 6.42 Å². The molecule has 0 aliphatic carbocycles. The molecule has 1 saturated heterocycles. The van der Waals surface area contributed by atoms with Crippen molar-refractivity contribution in [2.24, 2.45) is 11.8 Å². The molecule has 1 aromatic heterocycles. The van der Waals surface area contributed by atoms with Gasteiger partial charge in [-0.1, -0.05) is 32.4 Å². The fourth-order valence-corrected chi connectivity index (χ4v) is 3.23. The molecule has 2 atom stereocenters. The zero-order valence-electron chi connectivity index (χ0n) is 13.4. The fraction of sp³-hybridized carbons (Fsp3) is 0.667. The topological polar surface area (TPSA) is 53.1 Å². The molecule has 0 bridgehead atoms. The summed E-state index contributed by atoms with van der Waals surface area (Å²) < 4.78 is 0. The van der Waals surface area contributed by atoms with Crippen molar-refractivity contribution >= 4 is 40.7 Å². The summed E-state index contributed by atoms with van der Waals surface area (Å²) in [6.45, 7) is 9.44. The van der Waals surface area contributed by atoms with E-state index in [9.17, 15) is 0 Å². The van der Waals surface area contributed by atoms with Crippen molar-refractivity contribution in [1.29, 1.82) is 0 Å². The van der Waals surface area contributed by atoms with E-state index >= 15 is 0 Å². The lowest BCUT2D eigenvalue weighted by molar-refractivity contribution is 0.355. The lowest BCUT2D eigenvalue weighted by Crippen LogP contribution is -2.39. The van der Waals surface area contributed by atoms with Gasteiger partial charge in [0.25, 0.3) is 0 Å². The number of rotatable bonds is 4. The Labute approximate surface area is 142 Å². The highest BCUT2D eigenvalue weighted by molar-refractivity contribution is 7.80. The summed E-state index contributed by atoms with van der Waals surface area (Å²) in [4.78, 5) is 11.0. The van der Waals surface area contributed by atoms with Gasteiger partial charge in [0.1, 0.15) is 11.0 Å². The van der Waals surface area contributed by atoms with Crippen LogP contribution >= 0.6 is 23.8 Å². The summed E-state index contributed by atoms with van der Waals surface area (Å²) in [6.07, 6.45) is 2.26. The molecule has 1 aliphatic heterocycles. The molecular formula is C15H24ClN5S. The first kappa shape index (κ1) is 17.2. The number of anilines is 2. The molecule has 122 valence electrons. The number of nitrogens with zero attached hydrogens (tertiary/aromatic N) is 3. The van der Waals surface area contributed by atoms with E-state index in [0.29, 0.717) is 28.0 Å². The van der Waals surface area contributed by atoms with E-state index in [1.807, 2.05) is 6.07 Å². The maximum Gasteiger partial charge on any atom is 0.232 e. The van der Waals surface area contributed by atoms with Crippen LogP contribution in [0, 0.1) is 11.8 Å². The van der Waals surface area contributed by atoms with Gasteiger partial charge in [-0.25, -0.2) is 4.98 Å². The van der Waals surface area contributed by atoms with Crippen molar-refractivity contribution in [3.8, 4) is 0 Å². The first-order valence-electron chi connectivity index (χ1n) is 7.82. The van der Waals surface area contributed by atoms with Crippen LogP contribution in [0.5, 0.6) is 0 Å². The number of hydrogen-bond donors (Lipinski definition) is 2. The van der Waals surface area contributed by atoms with E-state index in [1.54, 1.807) is 0 Å². The maximum atomic E-state index is 6.15. The van der Waals surface area contributed by atoms with E-state index in [4.69, 9.17) is 23.8 Å². The normalized spacial score (nSPS) is 21.5. The van der Waals surface area contributed by atoms with Crippen molar-refractivity contribution < 1.29 is 0 Å². The second-order valence-corrected chi connectivity index (χ2v) is 6.90. The monoisotopic (exact) mass is 341 g/mol. The van der Waals surface area contributed by atoms with Crippen molar-refractivity contribution in [1.82, 2.24) is 15.3 Å². The lowest BCUT2D eigenvalue weighted by atomic mass is 9.92. The number of aromatic nitrogens is 2. The van der Waals surface area contributed by atoms with E-state index in [0.717, 1.165) is 31.9 Å². The summed E-state index contributed by atoms with van der Waals surface area (Å²) in [5.74, 6) is 2.61. The second kappa shape index (κ2) is 7.92. The van der Waals surface area contributed by atoms with Gasteiger partial charge in [0.05, 0.1) is 0 Å². The molecule has 1 aromatic rings. The molecule has 2 unspecified atom stereocenters. The molecule has 5 nitrogen and oxygen atoms in total. The van der Waals surface area contributed by atoms with Crippen LogP contribution in [0.3, 0.4) is 0 Å². The summed E-state index contributed by atoms with van der Waals surface area (Å²) in [7, 11) is 0. The average Bonchev–Trinajstić information content (AvgIpc) is 2.43. The minimum absolute atomic E-state index is 0.427. The molecular weight excluding hydrogens is 318 g/mol. The molecule has 1 aliphatic rings. The van der Waals surface area contributed by atoms with Gasteiger partial charge >= 0.3 is 0 Å². The van der Waals surface area contributed by atoms with Gasteiger partial charge in [-0.2, -0.15) is 4.98 Å². The summed E-state index contributed by atoms with van der Waals surface area (Å²) in [5.41, 5.74) is 0. The molecule has 0 aromatic carbocycles. The minimum Gasteiger partial charge on any atom is -0.362 e. The Balaban J connectivity index is 2.10. The van der Waals surface area contributed by atoms with Crippen LogP contribution in [0.25, 0.3) is 0 Å². The van der Waals surface area contributed by atoms with Gasteiger partial charge in [0.2, 0.25) is 5.95 Å². The largest absolute Gasteiger partial charge is 0.362 e. The van der Waals surface area contributed by atoms with Crippen LogP contribution in [-0.4, -0.2) is 34.7 Å². The van der Waals surface area contributed by atoms with Crippen LogP contribution in [-0.2, 0) is 0 Å². The van der Waals surface area contributed by atoms with Crippen LogP contribution in [0.1, 0.15) is 33.6 Å². The highest BCUT2D eigenvalue weighted by Crippen LogP contribution is 2.26. The molecule has 0 radical (unpaired) electrons. The Morgan fingerprint density at radius 2 is 2.05 bits per heavy atom. The SMILES string of the molecule is CCCNC(=S)Nc1nc(Cl)cc(N2CC(C)CC(C)C2)n1.